The van der Waals surface area contributed by atoms with E-state index >= 15 is 0 Å². The molecule has 134 valence electrons. The fraction of sp³-hybridized carbons (Fsp3) is 0.500. The second-order valence-electron chi connectivity index (χ2n) is 7.23. The van der Waals surface area contributed by atoms with Crippen molar-refractivity contribution in [1.82, 2.24) is 25.3 Å². The molecule has 0 bridgehead atoms. The molecule has 1 fully saturated rings. The Bertz CT molecular complexity index is 918. The van der Waals surface area contributed by atoms with Crippen LogP contribution in [-0.2, 0) is 24.2 Å². The number of carbonyl (C=O) groups excluding carboxylic acids is 1. The largest absolute Gasteiger partial charge is 0.337 e. The average Bonchev–Trinajstić information content (AvgIpc) is 3.33. The van der Waals surface area contributed by atoms with E-state index in [4.69, 9.17) is 5.26 Å². The van der Waals surface area contributed by atoms with E-state index in [0.717, 1.165) is 42.6 Å². The van der Waals surface area contributed by atoms with Gasteiger partial charge in [-0.15, -0.1) is 0 Å². The molecule has 3 heterocycles. The number of nitriles is 1. The van der Waals surface area contributed by atoms with Crippen molar-refractivity contribution in [1.29, 1.82) is 5.26 Å². The van der Waals surface area contributed by atoms with Crippen LogP contribution in [0.3, 0.4) is 0 Å². The summed E-state index contributed by atoms with van der Waals surface area (Å²) in [6, 6.07) is 3.53. The highest BCUT2D eigenvalue weighted by Crippen LogP contribution is 2.43. The Kier molecular flexibility index (Phi) is 4.07. The van der Waals surface area contributed by atoms with Gasteiger partial charge < -0.3 is 9.88 Å². The van der Waals surface area contributed by atoms with Gasteiger partial charge in [0.2, 0.25) is 5.91 Å². The predicted octanol–water partition coefficient (Wildman–Crippen LogP) is 1.05. The third kappa shape index (κ3) is 2.79. The maximum Gasteiger partial charge on any atom is 0.266 e. The molecule has 2 aromatic rings. The lowest BCUT2D eigenvalue weighted by Gasteiger charge is -2.36. The molecule has 1 aliphatic heterocycles. The molecule has 8 heteroatoms. The van der Waals surface area contributed by atoms with Gasteiger partial charge in [0.1, 0.15) is 11.6 Å². The molecule has 2 N–H and O–H groups in total. The van der Waals surface area contributed by atoms with Gasteiger partial charge in [-0.3, -0.25) is 9.59 Å². The zero-order chi connectivity index (χ0) is 18.1. The van der Waals surface area contributed by atoms with E-state index in [1.807, 2.05) is 11.0 Å². The van der Waals surface area contributed by atoms with Crippen molar-refractivity contribution in [2.45, 2.75) is 45.1 Å². The molecule has 0 aromatic carbocycles. The lowest BCUT2D eigenvalue weighted by atomic mass is 9.79. The van der Waals surface area contributed by atoms with Crippen LogP contribution in [0.2, 0.25) is 0 Å². The third-order valence-corrected chi connectivity index (χ3v) is 5.61. The number of carbonyl (C=O) groups is 1. The molecule has 0 radical (unpaired) electrons. The molecule has 8 nitrogen and oxygen atoms in total. The lowest BCUT2D eigenvalue weighted by molar-refractivity contribution is -0.143. The molecule has 0 spiro atoms. The first-order valence-corrected chi connectivity index (χ1v) is 8.90. The molecule has 1 saturated carbocycles. The van der Waals surface area contributed by atoms with Gasteiger partial charge in [0.25, 0.3) is 5.56 Å². The normalized spacial score (nSPS) is 18.3. The number of fused-ring (bicyclic) bond motifs is 1. The van der Waals surface area contributed by atoms with Gasteiger partial charge in [-0.1, -0.05) is 12.8 Å². The number of hydrogen-bond acceptors (Lipinski definition) is 5. The quantitative estimate of drug-likeness (QED) is 0.856. The number of amides is 1. The maximum absolute atomic E-state index is 13.4. The molecule has 0 atom stereocenters. The van der Waals surface area contributed by atoms with Crippen LogP contribution in [-0.4, -0.2) is 37.7 Å². The first kappa shape index (κ1) is 16.5. The summed E-state index contributed by atoms with van der Waals surface area (Å²) in [6.45, 7) is 1.01. The van der Waals surface area contributed by atoms with E-state index < -0.39 is 5.41 Å². The van der Waals surface area contributed by atoms with E-state index in [1.54, 1.807) is 12.3 Å². The molecule has 4 rings (SSSR count). The molecule has 1 aliphatic carbocycles. The van der Waals surface area contributed by atoms with Crippen LogP contribution in [0, 0.1) is 16.7 Å². The summed E-state index contributed by atoms with van der Waals surface area (Å²) in [5.41, 5.74) is 1.81. The van der Waals surface area contributed by atoms with Gasteiger partial charge in [0.15, 0.2) is 0 Å². The molecule has 26 heavy (non-hydrogen) atoms. The van der Waals surface area contributed by atoms with E-state index in [-0.39, 0.29) is 17.0 Å². The molecule has 0 unspecified atom stereocenters. The zero-order valence-electron chi connectivity index (χ0n) is 14.4. The van der Waals surface area contributed by atoms with Gasteiger partial charge in [0.05, 0.1) is 17.3 Å². The summed E-state index contributed by atoms with van der Waals surface area (Å²) in [5, 5.41) is 19.7. The minimum atomic E-state index is -0.422. The van der Waals surface area contributed by atoms with E-state index in [1.165, 1.54) is 0 Å². The zero-order valence-corrected chi connectivity index (χ0v) is 14.4. The second-order valence-corrected chi connectivity index (χ2v) is 7.23. The molecule has 0 saturated heterocycles. The number of aromatic nitrogens is 4. The number of rotatable bonds is 3. The monoisotopic (exact) mass is 352 g/mol. The summed E-state index contributed by atoms with van der Waals surface area (Å²) < 4.78 is 0. The second kappa shape index (κ2) is 6.41. The Hall–Kier alpha value is -2.95. The van der Waals surface area contributed by atoms with Crippen LogP contribution in [0.15, 0.2) is 17.1 Å². The molecule has 1 amide bonds. The number of aromatic amines is 2. The van der Waals surface area contributed by atoms with Gasteiger partial charge in [-0.25, -0.2) is 0 Å². The third-order valence-electron chi connectivity index (χ3n) is 5.61. The highest BCUT2D eigenvalue weighted by atomic mass is 16.2. The lowest BCUT2D eigenvalue weighted by Crippen LogP contribution is -2.46. The fourth-order valence-electron chi connectivity index (χ4n) is 4.27. The average molecular weight is 352 g/mol. The van der Waals surface area contributed by atoms with E-state index in [0.29, 0.717) is 25.9 Å². The Balaban J connectivity index is 1.60. The van der Waals surface area contributed by atoms with Gasteiger partial charge >= 0.3 is 0 Å². The van der Waals surface area contributed by atoms with Crippen molar-refractivity contribution in [2.24, 2.45) is 5.41 Å². The highest BCUT2D eigenvalue weighted by molar-refractivity contribution is 5.83. The van der Waals surface area contributed by atoms with E-state index in [2.05, 4.69) is 20.4 Å². The summed E-state index contributed by atoms with van der Waals surface area (Å²) in [5.74, 6) is 0.147. The predicted molar refractivity (Wildman–Crippen MR) is 91.9 cm³/mol. The fourth-order valence-corrected chi connectivity index (χ4v) is 4.27. The van der Waals surface area contributed by atoms with E-state index in [9.17, 15) is 9.59 Å². The number of pyridine rings is 1. The molecule has 2 aromatic heterocycles. The van der Waals surface area contributed by atoms with Gasteiger partial charge in [-0.2, -0.15) is 20.7 Å². The van der Waals surface area contributed by atoms with Crippen molar-refractivity contribution >= 4 is 5.91 Å². The summed E-state index contributed by atoms with van der Waals surface area (Å²) in [6.07, 6.45) is 6.68. The number of hydrogen-bond donors (Lipinski definition) is 2. The van der Waals surface area contributed by atoms with Crippen LogP contribution < -0.4 is 5.56 Å². The maximum atomic E-state index is 13.4. The summed E-state index contributed by atoms with van der Waals surface area (Å²) in [4.78, 5) is 29.9. The number of nitrogens with zero attached hydrogens (tertiary/aromatic N) is 4. The minimum Gasteiger partial charge on any atom is -0.337 e. The van der Waals surface area contributed by atoms with Crippen LogP contribution in [0.25, 0.3) is 0 Å². The Labute approximate surface area is 150 Å². The molecule has 2 aliphatic rings. The van der Waals surface area contributed by atoms with Crippen LogP contribution in [0.4, 0.5) is 0 Å². The van der Waals surface area contributed by atoms with Crippen molar-refractivity contribution in [2.75, 3.05) is 6.54 Å². The van der Waals surface area contributed by atoms with Gasteiger partial charge in [-0.05, 0) is 24.5 Å². The first-order valence-electron chi connectivity index (χ1n) is 8.90. The first-order chi connectivity index (χ1) is 12.6. The Morgan fingerprint density at radius 2 is 2.19 bits per heavy atom. The number of H-pyrrole nitrogens is 2. The topological polar surface area (TPSA) is 119 Å². The van der Waals surface area contributed by atoms with Crippen molar-refractivity contribution in [3.63, 3.8) is 0 Å². The SMILES string of the molecule is N#Cc1cc2c([nH]c1=O)CCN(C(=O)C1(Cc3cn[nH]n3)CCCC1)C2. The molecular weight excluding hydrogens is 332 g/mol. The Morgan fingerprint density at radius 1 is 1.38 bits per heavy atom. The van der Waals surface area contributed by atoms with Gasteiger partial charge in [0, 0.05) is 31.6 Å². The molecular formula is C18H20N6O2. The standard InChI is InChI=1S/C18H20N6O2/c19-9-12-7-13-11-24(6-3-15(13)21-16(12)25)17(26)18(4-1-2-5-18)8-14-10-20-23-22-14/h7,10H,1-6,8,11H2,(H,21,25)(H,20,22,23). The minimum absolute atomic E-state index is 0.0937. The Morgan fingerprint density at radius 3 is 2.88 bits per heavy atom. The van der Waals surface area contributed by atoms with Crippen molar-refractivity contribution in [3.8, 4) is 6.07 Å². The smallest absolute Gasteiger partial charge is 0.266 e. The van der Waals surface area contributed by atoms with Crippen LogP contribution >= 0.6 is 0 Å². The summed E-state index contributed by atoms with van der Waals surface area (Å²) in [7, 11) is 0. The number of nitrogens with one attached hydrogen (secondary N) is 2. The van der Waals surface area contributed by atoms with Crippen LogP contribution in [0.1, 0.15) is 48.2 Å². The van der Waals surface area contributed by atoms with Crippen molar-refractivity contribution in [3.05, 3.63) is 45.1 Å². The summed E-state index contributed by atoms with van der Waals surface area (Å²) >= 11 is 0. The van der Waals surface area contributed by atoms with Crippen molar-refractivity contribution < 1.29 is 4.79 Å². The van der Waals surface area contributed by atoms with Crippen LogP contribution in [0.5, 0.6) is 0 Å². The highest BCUT2D eigenvalue weighted by Gasteiger charge is 2.44.